The number of anilines is 1. The number of aromatic nitrogens is 4. The van der Waals surface area contributed by atoms with Crippen molar-refractivity contribution in [1.29, 1.82) is 0 Å². The van der Waals surface area contributed by atoms with Gasteiger partial charge in [0, 0.05) is 12.6 Å². The number of aliphatic hydroxyl groups excluding tert-OH is 1. The van der Waals surface area contributed by atoms with Crippen LogP contribution in [0.3, 0.4) is 0 Å². The van der Waals surface area contributed by atoms with Gasteiger partial charge in [-0.15, -0.1) is 0 Å². The molecule has 104 valence electrons. The highest BCUT2D eigenvalue weighted by Crippen LogP contribution is 2.24. The standard InChI is InChI=1S/C13H21N5O/c1-2-3-4-5-10(6-7-19)18-9-17-11-12(14)15-8-16-13(11)18/h8-10,19H,2-7H2,1H3,(H2,14,15,16). The van der Waals surface area contributed by atoms with Crippen molar-refractivity contribution in [3.05, 3.63) is 12.7 Å². The van der Waals surface area contributed by atoms with Crippen LogP contribution >= 0.6 is 0 Å². The summed E-state index contributed by atoms with van der Waals surface area (Å²) < 4.78 is 2.01. The van der Waals surface area contributed by atoms with E-state index >= 15 is 0 Å². The van der Waals surface area contributed by atoms with E-state index in [0.717, 1.165) is 18.5 Å². The lowest BCUT2D eigenvalue weighted by Gasteiger charge is -2.17. The van der Waals surface area contributed by atoms with Gasteiger partial charge in [0.15, 0.2) is 11.5 Å². The summed E-state index contributed by atoms with van der Waals surface area (Å²) in [7, 11) is 0. The molecule has 0 amide bonds. The molecule has 0 aliphatic carbocycles. The van der Waals surface area contributed by atoms with Gasteiger partial charge in [0.25, 0.3) is 0 Å². The van der Waals surface area contributed by atoms with Crippen molar-refractivity contribution >= 4 is 17.0 Å². The smallest absolute Gasteiger partial charge is 0.165 e. The van der Waals surface area contributed by atoms with E-state index in [1.807, 2.05) is 4.57 Å². The molecule has 0 saturated carbocycles. The van der Waals surface area contributed by atoms with Crippen molar-refractivity contribution in [2.75, 3.05) is 12.3 Å². The summed E-state index contributed by atoms with van der Waals surface area (Å²) in [6.07, 6.45) is 8.46. The highest BCUT2D eigenvalue weighted by molar-refractivity contribution is 5.81. The van der Waals surface area contributed by atoms with Gasteiger partial charge >= 0.3 is 0 Å². The average molecular weight is 263 g/mol. The van der Waals surface area contributed by atoms with Crippen molar-refractivity contribution in [1.82, 2.24) is 19.5 Å². The predicted molar refractivity (Wildman–Crippen MR) is 74.6 cm³/mol. The zero-order chi connectivity index (χ0) is 13.7. The molecule has 1 atom stereocenters. The molecular weight excluding hydrogens is 242 g/mol. The van der Waals surface area contributed by atoms with Crippen molar-refractivity contribution in [3.8, 4) is 0 Å². The average Bonchev–Trinajstić information content (AvgIpc) is 2.83. The maximum absolute atomic E-state index is 9.23. The first-order chi connectivity index (χ1) is 9.27. The fourth-order valence-corrected chi connectivity index (χ4v) is 2.34. The fraction of sp³-hybridized carbons (Fsp3) is 0.615. The molecule has 0 fully saturated rings. The Bertz CT molecular complexity index is 525. The van der Waals surface area contributed by atoms with Crippen LogP contribution in [0, 0.1) is 0 Å². The summed E-state index contributed by atoms with van der Waals surface area (Å²) in [6.45, 7) is 2.35. The van der Waals surface area contributed by atoms with Gasteiger partial charge in [-0.05, 0) is 12.8 Å². The summed E-state index contributed by atoms with van der Waals surface area (Å²) in [6, 6.07) is 0.218. The van der Waals surface area contributed by atoms with Gasteiger partial charge in [-0.1, -0.05) is 26.2 Å². The van der Waals surface area contributed by atoms with Crippen LogP contribution in [0.5, 0.6) is 0 Å². The molecule has 0 aliphatic heterocycles. The molecule has 0 bridgehead atoms. The van der Waals surface area contributed by atoms with Crippen LogP contribution in [-0.4, -0.2) is 31.2 Å². The van der Waals surface area contributed by atoms with E-state index in [1.54, 1.807) is 6.33 Å². The summed E-state index contributed by atoms with van der Waals surface area (Å²) in [5, 5.41) is 9.23. The van der Waals surface area contributed by atoms with Gasteiger partial charge < -0.3 is 15.4 Å². The van der Waals surface area contributed by atoms with Crippen molar-refractivity contribution in [2.24, 2.45) is 0 Å². The van der Waals surface area contributed by atoms with Gasteiger partial charge in [-0.2, -0.15) is 0 Å². The van der Waals surface area contributed by atoms with Crippen molar-refractivity contribution in [3.63, 3.8) is 0 Å². The molecule has 6 heteroatoms. The van der Waals surface area contributed by atoms with Crippen LogP contribution in [0.2, 0.25) is 0 Å². The monoisotopic (exact) mass is 263 g/mol. The van der Waals surface area contributed by atoms with E-state index in [2.05, 4.69) is 21.9 Å². The molecule has 0 saturated heterocycles. The maximum Gasteiger partial charge on any atom is 0.165 e. The fourth-order valence-electron chi connectivity index (χ4n) is 2.34. The molecule has 6 nitrogen and oxygen atoms in total. The Morgan fingerprint density at radius 2 is 2.11 bits per heavy atom. The highest BCUT2D eigenvalue weighted by atomic mass is 16.3. The zero-order valence-electron chi connectivity index (χ0n) is 11.3. The minimum Gasteiger partial charge on any atom is -0.396 e. The number of hydrogen-bond donors (Lipinski definition) is 2. The Labute approximate surface area is 112 Å². The lowest BCUT2D eigenvalue weighted by molar-refractivity contribution is 0.251. The van der Waals surface area contributed by atoms with E-state index in [4.69, 9.17) is 5.73 Å². The molecule has 2 heterocycles. The predicted octanol–water partition coefficient (Wildman–Crippen LogP) is 1.91. The number of nitrogen functional groups attached to an aromatic ring is 1. The maximum atomic E-state index is 9.23. The molecule has 3 N–H and O–H groups in total. The number of nitrogens with two attached hydrogens (primary N) is 1. The molecule has 2 aromatic rings. The first-order valence-corrected chi connectivity index (χ1v) is 6.81. The SMILES string of the molecule is CCCCCC(CCO)n1cnc2c(N)ncnc21. The second-order valence-electron chi connectivity index (χ2n) is 4.74. The Morgan fingerprint density at radius 1 is 1.26 bits per heavy atom. The van der Waals surface area contributed by atoms with E-state index in [9.17, 15) is 5.11 Å². The van der Waals surface area contributed by atoms with E-state index in [1.165, 1.54) is 19.2 Å². The first kappa shape index (κ1) is 13.7. The third kappa shape index (κ3) is 3.01. The lowest BCUT2D eigenvalue weighted by atomic mass is 10.1. The number of fused-ring (bicyclic) bond motifs is 1. The number of hydrogen-bond acceptors (Lipinski definition) is 5. The Morgan fingerprint density at radius 3 is 2.84 bits per heavy atom. The molecule has 0 aliphatic rings. The molecule has 0 radical (unpaired) electrons. The van der Waals surface area contributed by atoms with Crippen LogP contribution in [0.15, 0.2) is 12.7 Å². The molecule has 19 heavy (non-hydrogen) atoms. The van der Waals surface area contributed by atoms with Crippen LogP contribution in [0.25, 0.3) is 11.2 Å². The van der Waals surface area contributed by atoms with Gasteiger partial charge in [-0.25, -0.2) is 15.0 Å². The minimum atomic E-state index is 0.164. The number of imidazole rings is 1. The van der Waals surface area contributed by atoms with Gasteiger partial charge in [0.05, 0.1) is 6.33 Å². The summed E-state index contributed by atoms with van der Waals surface area (Å²) in [5.74, 6) is 0.403. The number of nitrogens with zero attached hydrogens (tertiary/aromatic N) is 4. The second kappa shape index (κ2) is 6.47. The lowest BCUT2D eigenvalue weighted by Crippen LogP contribution is -2.11. The number of unbranched alkanes of at least 4 members (excludes halogenated alkanes) is 2. The molecule has 2 aromatic heterocycles. The summed E-state index contributed by atoms with van der Waals surface area (Å²) >= 11 is 0. The van der Waals surface area contributed by atoms with Crippen LogP contribution < -0.4 is 5.73 Å². The Balaban J connectivity index is 2.25. The van der Waals surface area contributed by atoms with Crippen LogP contribution in [0.1, 0.15) is 45.1 Å². The van der Waals surface area contributed by atoms with Crippen LogP contribution in [0.4, 0.5) is 5.82 Å². The highest BCUT2D eigenvalue weighted by Gasteiger charge is 2.15. The Hall–Kier alpha value is -1.69. The minimum absolute atomic E-state index is 0.164. The van der Waals surface area contributed by atoms with Crippen molar-refractivity contribution < 1.29 is 5.11 Å². The third-order valence-corrected chi connectivity index (χ3v) is 3.38. The van der Waals surface area contributed by atoms with Crippen LogP contribution in [-0.2, 0) is 0 Å². The topological polar surface area (TPSA) is 89.8 Å². The molecule has 2 rings (SSSR count). The largest absolute Gasteiger partial charge is 0.396 e. The molecule has 0 aromatic carbocycles. The molecular formula is C13H21N5O. The van der Waals surface area contributed by atoms with Crippen molar-refractivity contribution in [2.45, 2.75) is 45.1 Å². The third-order valence-electron chi connectivity index (χ3n) is 3.38. The molecule has 0 spiro atoms. The van der Waals surface area contributed by atoms with E-state index in [-0.39, 0.29) is 12.6 Å². The van der Waals surface area contributed by atoms with Gasteiger partial charge in [0.1, 0.15) is 11.8 Å². The Kier molecular flexibility index (Phi) is 4.68. The molecule has 1 unspecified atom stereocenters. The first-order valence-electron chi connectivity index (χ1n) is 6.81. The van der Waals surface area contributed by atoms with E-state index < -0.39 is 0 Å². The number of rotatable bonds is 7. The van der Waals surface area contributed by atoms with E-state index in [0.29, 0.717) is 17.8 Å². The second-order valence-corrected chi connectivity index (χ2v) is 4.74. The quantitative estimate of drug-likeness (QED) is 0.745. The normalized spacial score (nSPS) is 12.9. The summed E-state index contributed by atoms with van der Waals surface area (Å²) in [4.78, 5) is 12.5. The van der Waals surface area contributed by atoms with Gasteiger partial charge in [0.2, 0.25) is 0 Å². The summed E-state index contributed by atoms with van der Waals surface area (Å²) in [5.41, 5.74) is 7.18. The zero-order valence-corrected chi connectivity index (χ0v) is 11.3. The van der Waals surface area contributed by atoms with Gasteiger partial charge in [-0.3, -0.25) is 0 Å². The number of aliphatic hydroxyl groups is 1.